The Kier molecular flexibility index (Phi) is 3.45. The molecule has 2 amide bonds. The highest BCUT2D eigenvalue weighted by atomic mass is 32.2. The number of benzene rings is 2. The number of carbonyl (C=O) groups is 3. The zero-order valence-electron chi connectivity index (χ0n) is 11.5. The molecule has 3 rings (SSSR count). The first-order valence-electron chi connectivity index (χ1n) is 6.43. The van der Waals surface area contributed by atoms with E-state index in [1.54, 1.807) is 18.2 Å². The minimum atomic E-state index is -4.40. The predicted octanol–water partition coefficient (Wildman–Crippen LogP) is 0.963. The van der Waals surface area contributed by atoms with Crippen molar-refractivity contribution in [3.05, 3.63) is 60.2 Å². The first-order valence-corrected chi connectivity index (χ1v) is 7.87. The van der Waals surface area contributed by atoms with Crippen LogP contribution in [0.3, 0.4) is 0 Å². The maximum atomic E-state index is 12.3. The van der Waals surface area contributed by atoms with Crippen LogP contribution in [-0.2, 0) is 19.6 Å². The van der Waals surface area contributed by atoms with Gasteiger partial charge in [0.05, 0.1) is 5.56 Å². The number of fused-ring (bicyclic) bond motifs is 1. The lowest BCUT2D eigenvalue weighted by atomic mass is 10.2. The Hall–Kier alpha value is -3.00. The molecular weight excluding hydrogens is 322 g/mol. The molecule has 0 spiro atoms. The normalized spacial score (nSPS) is 15.1. The average Bonchev–Trinajstić information content (AvgIpc) is 2.75. The van der Waals surface area contributed by atoms with Gasteiger partial charge in [-0.15, -0.1) is 0 Å². The maximum absolute atomic E-state index is 12.3. The molecule has 2 aromatic carbocycles. The molecule has 1 aliphatic rings. The van der Waals surface area contributed by atoms with Crippen molar-refractivity contribution in [2.75, 3.05) is 0 Å². The van der Waals surface area contributed by atoms with E-state index >= 15 is 0 Å². The number of rotatable bonds is 1. The summed E-state index contributed by atoms with van der Waals surface area (Å²) < 4.78 is 29.3. The van der Waals surface area contributed by atoms with E-state index in [1.165, 1.54) is 36.4 Å². The predicted molar refractivity (Wildman–Crippen MR) is 76.9 cm³/mol. The summed E-state index contributed by atoms with van der Waals surface area (Å²) in [5.74, 6) is -4.03. The number of hydrogen-bond donors (Lipinski definition) is 0. The maximum Gasteiger partial charge on any atom is 0.403 e. The molecule has 0 aliphatic carbocycles. The number of amides is 2. The summed E-state index contributed by atoms with van der Waals surface area (Å²) in [5, 5.41) is 0. The van der Waals surface area contributed by atoms with E-state index in [2.05, 4.69) is 0 Å². The number of sulfonamides is 1. The molecule has 23 heavy (non-hydrogen) atoms. The highest BCUT2D eigenvalue weighted by Gasteiger charge is 2.47. The van der Waals surface area contributed by atoms with Crippen molar-refractivity contribution in [1.29, 1.82) is 0 Å². The third-order valence-electron chi connectivity index (χ3n) is 3.13. The largest absolute Gasteiger partial charge is 0.419 e. The van der Waals surface area contributed by atoms with Crippen LogP contribution in [0.5, 0.6) is 5.75 Å². The van der Waals surface area contributed by atoms with Crippen molar-refractivity contribution in [3.63, 3.8) is 0 Å². The van der Waals surface area contributed by atoms with Crippen LogP contribution in [0.15, 0.2) is 59.5 Å². The standard InChI is InChI=1S/C15H9NO6S/c17-13-11-8-4-5-9-12(11)23(20,21)16(13)14(18)15(19)22-10-6-2-1-3-7-10/h1-9H. The Morgan fingerprint density at radius 2 is 1.52 bits per heavy atom. The van der Waals surface area contributed by atoms with Crippen LogP contribution in [-0.4, -0.2) is 30.5 Å². The first-order chi connectivity index (χ1) is 10.9. The number of carbonyl (C=O) groups excluding carboxylic acids is 3. The zero-order valence-corrected chi connectivity index (χ0v) is 12.3. The fourth-order valence-corrected chi connectivity index (χ4v) is 3.60. The topological polar surface area (TPSA) is 97.8 Å². The minimum absolute atomic E-state index is 0.0624. The molecule has 116 valence electrons. The van der Waals surface area contributed by atoms with Crippen LogP contribution >= 0.6 is 0 Å². The molecule has 2 aromatic rings. The highest BCUT2D eigenvalue weighted by molar-refractivity contribution is 7.91. The third-order valence-corrected chi connectivity index (χ3v) is 4.86. The minimum Gasteiger partial charge on any atom is -0.419 e. The van der Waals surface area contributed by atoms with E-state index in [0.29, 0.717) is 0 Å². The number of ether oxygens (including phenoxy) is 1. The Balaban J connectivity index is 1.92. The van der Waals surface area contributed by atoms with Gasteiger partial charge in [-0.25, -0.2) is 13.2 Å². The SMILES string of the molecule is O=C(Oc1ccccc1)C(=O)N1C(=O)c2ccccc2S1(=O)=O. The quantitative estimate of drug-likeness (QED) is 0.439. The van der Waals surface area contributed by atoms with E-state index in [4.69, 9.17) is 4.74 Å². The summed E-state index contributed by atoms with van der Waals surface area (Å²) in [7, 11) is -4.40. The molecule has 0 saturated carbocycles. The summed E-state index contributed by atoms with van der Waals surface area (Å²) in [6.45, 7) is 0. The molecule has 0 N–H and O–H groups in total. The molecule has 1 heterocycles. The molecule has 0 bridgehead atoms. The molecule has 7 nitrogen and oxygen atoms in total. The molecule has 1 aliphatic heterocycles. The van der Waals surface area contributed by atoms with Crippen molar-refractivity contribution in [1.82, 2.24) is 4.31 Å². The van der Waals surface area contributed by atoms with E-state index in [0.717, 1.165) is 0 Å². The summed E-state index contributed by atoms with van der Waals surface area (Å²) in [6.07, 6.45) is 0. The van der Waals surface area contributed by atoms with Gasteiger partial charge < -0.3 is 4.74 Å². The van der Waals surface area contributed by atoms with Gasteiger partial charge in [-0.1, -0.05) is 30.3 Å². The number of hydrogen-bond acceptors (Lipinski definition) is 6. The molecule has 0 atom stereocenters. The van der Waals surface area contributed by atoms with Gasteiger partial charge in [-0.05, 0) is 24.3 Å². The Labute approximate surface area is 131 Å². The number of para-hydroxylation sites is 1. The second kappa shape index (κ2) is 5.33. The average molecular weight is 331 g/mol. The van der Waals surface area contributed by atoms with Gasteiger partial charge in [0.15, 0.2) is 0 Å². The lowest BCUT2D eigenvalue weighted by Crippen LogP contribution is -2.42. The van der Waals surface area contributed by atoms with E-state index < -0.39 is 27.8 Å². The Morgan fingerprint density at radius 1 is 0.913 bits per heavy atom. The molecule has 0 fully saturated rings. The lowest BCUT2D eigenvalue weighted by Gasteiger charge is -2.12. The first kappa shape index (κ1) is 14.9. The third kappa shape index (κ3) is 2.38. The van der Waals surface area contributed by atoms with E-state index in [9.17, 15) is 22.8 Å². The van der Waals surface area contributed by atoms with Crippen LogP contribution in [0.2, 0.25) is 0 Å². The molecule has 8 heteroatoms. The zero-order chi connectivity index (χ0) is 16.6. The van der Waals surface area contributed by atoms with Crippen molar-refractivity contribution < 1.29 is 27.5 Å². The van der Waals surface area contributed by atoms with E-state index in [-0.39, 0.29) is 20.5 Å². The lowest BCUT2D eigenvalue weighted by molar-refractivity contribution is -0.150. The molecule has 0 unspecified atom stereocenters. The molecule has 0 radical (unpaired) electrons. The fraction of sp³-hybridized carbons (Fsp3) is 0. The van der Waals surface area contributed by atoms with Crippen LogP contribution in [0.1, 0.15) is 10.4 Å². The van der Waals surface area contributed by atoms with Gasteiger partial charge >= 0.3 is 11.9 Å². The van der Waals surface area contributed by atoms with Crippen LogP contribution in [0, 0.1) is 0 Å². The Morgan fingerprint density at radius 3 is 2.17 bits per heavy atom. The van der Waals surface area contributed by atoms with Gasteiger partial charge in [0.25, 0.3) is 15.9 Å². The summed E-state index contributed by atoms with van der Waals surface area (Å²) >= 11 is 0. The van der Waals surface area contributed by atoms with Gasteiger partial charge in [-0.2, -0.15) is 4.31 Å². The fourth-order valence-electron chi connectivity index (χ4n) is 2.11. The van der Waals surface area contributed by atoms with Gasteiger partial charge in [-0.3, -0.25) is 9.59 Å². The Bertz CT molecular complexity index is 920. The molecule has 0 saturated heterocycles. The number of imide groups is 1. The van der Waals surface area contributed by atoms with Crippen molar-refractivity contribution in [2.24, 2.45) is 0 Å². The van der Waals surface area contributed by atoms with Crippen molar-refractivity contribution in [2.45, 2.75) is 4.90 Å². The monoisotopic (exact) mass is 331 g/mol. The summed E-state index contributed by atoms with van der Waals surface area (Å²) in [4.78, 5) is 35.8. The molecule has 0 aromatic heterocycles. The second-order valence-corrected chi connectivity index (χ2v) is 6.33. The van der Waals surface area contributed by atoms with Crippen LogP contribution < -0.4 is 4.74 Å². The highest BCUT2D eigenvalue weighted by Crippen LogP contribution is 2.30. The molecular formula is C15H9NO6S. The van der Waals surface area contributed by atoms with Crippen molar-refractivity contribution in [3.8, 4) is 5.75 Å². The second-order valence-electron chi connectivity index (χ2n) is 4.58. The number of esters is 1. The number of nitrogens with zero attached hydrogens (tertiary/aromatic N) is 1. The van der Waals surface area contributed by atoms with Crippen LogP contribution in [0.4, 0.5) is 0 Å². The summed E-state index contributed by atoms with van der Waals surface area (Å²) in [6, 6.07) is 13.0. The van der Waals surface area contributed by atoms with Gasteiger partial charge in [0.2, 0.25) is 0 Å². The van der Waals surface area contributed by atoms with Gasteiger partial charge in [0.1, 0.15) is 10.6 Å². The van der Waals surface area contributed by atoms with Crippen LogP contribution in [0.25, 0.3) is 0 Å². The van der Waals surface area contributed by atoms with E-state index in [1.807, 2.05) is 0 Å². The van der Waals surface area contributed by atoms with Gasteiger partial charge in [0, 0.05) is 0 Å². The smallest absolute Gasteiger partial charge is 0.403 e. The summed E-state index contributed by atoms with van der Waals surface area (Å²) in [5.41, 5.74) is -0.159. The van der Waals surface area contributed by atoms with Crippen molar-refractivity contribution >= 4 is 27.8 Å².